The molecular formula is C20H18F2N6. The summed E-state index contributed by atoms with van der Waals surface area (Å²) in [5.41, 5.74) is 2.83. The Hall–Kier alpha value is -3.00. The Balaban J connectivity index is 1.59. The van der Waals surface area contributed by atoms with Crippen LogP contribution in [0.1, 0.15) is 30.0 Å². The van der Waals surface area contributed by atoms with Crippen molar-refractivity contribution in [2.45, 2.75) is 25.7 Å². The van der Waals surface area contributed by atoms with Gasteiger partial charge in [-0.3, -0.25) is 0 Å². The molecule has 1 aliphatic rings. The lowest BCUT2D eigenvalue weighted by atomic mass is 9.90. The quantitative estimate of drug-likeness (QED) is 0.577. The number of hydrogen-bond acceptors (Lipinski definition) is 5. The number of rotatable bonds is 2. The van der Waals surface area contributed by atoms with Gasteiger partial charge >= 0.3 is 0 Å². The van der Waals surface area contributed by atoms with Crippen molar-refractivity contribution in [3.63, 3.8) is 0 Å². The molecule has 5 rings (SSSR count). The minimum absolute atomic E-state index is 0.144. The van der Waals surface area contributed by atoms with E-state index >= 15 is 0 Å². The number of aromatic nitrogens is 5. The van der Waals surface area contributed by atoms with Gasteiger partial charge in [-0.15, -0.1) is 10.2 Å². The minimum Gasteiger partial charge on any atom is -0.317 e. The maximum absolute atomic E-state index is 14.8. The van der Waals surface area contributed by atoms with Gasteiger partial charge in [0.15, 0.2) is 23.1 Å². The largest absolute Gasteiger partial charge is 0.317 e. The molecule has 4 heterocycles. The van der Waals surface area contributed by atoms with Crippen LogP contribution < -0.4 is 5.32 Å². The van der Waals surface area contributed by atoms with Crippen LogP contribution in [0.3, 0.4) is 0 Å². The van der Waals surface area contributed by atoms with Gasteiger partial charge in [0, 0.05) is 18.0 Å². The van der Waals surface area contributed by atoms with Crippen molar-refractivity contribution in [1.82, 2.24) is 29.9 Å². The van der Waals surface area contributed by atoms with Crippen molar-refractivity contribution < 1.29 is 8.78 Å². The third-order valence-corrected chi connectivity index (χ3v) is 5.23. The summed E-state index contributed by atoms with van der Waals surface area (Å²) < 4.78 is 30.7. The van der Waals surface area contributed by atoms with E-state index < -0.39 is 11.6 Å². The number of piperidine rings is 1. The lowest BCUT2D eigenvalue weighted by Gasteiger charge is -2.23. The highest BCUT2D eigenvalue weighted by atomic mass is 19.1. The summed E-state index contributed by atoms with van der Waals surface area (Å²) >= 11 is 0. The van der Waals surface area contributed by atoms with Crippen LogP contribution in [0.5, 0.6) is 0 Å². The van der Waals surface area contributed by atoms with E-state index in [0.717, 1.165) is 31.5 Å². The molecule has 1 aromatic carbocycles. The van der Waals surface area contributed by atoms with Crippen LogP contribution in [-0.4, -0.2) is 37.7 Å². The Morgan fingerprint density at radius 2 is 1.82 bits per heavy atom. The number of nitrogens with zero attached hydrogens (tertiary/aromatic N) is 5. The van der Waals surface area contributed by atoms with Crippen molar-refractivity contribution in [2.75, 3.05) is 13.1 Å². The summed E-state index contributed by atoms with van der Waals surface area (Å²) in [6.07, 6.45) is 5.31. The van der Waals surface area contributed by atoms with Crippen LogP contribution in [-0.2, 0) is 0 Å². The van der Waals surface area contributed by atoms with Gasteiger partial charge in [0.1, 0.15) is 11.0 Å². The Morgan fingerprint density at radius 1 is 1.00 bits per heavy atom. The first kappa shape index (κ1) is 17.1. The number of hydrogen-bond donors (Lipinski definition) is 1. The monoisotopic (exact) mass is 380 g/mol. The Kier molecular flexibility index (Phi) is 4.01. The third kappa shape index (κ3) is 2.90. The second kappa shape index (κ2) is 6.56. The average Bonchev–Trinajstić information content (AvgIpc) is 3.09. The van der Waals surface area contributed by atoms with Gasteiger partial charge in [-0.05, 0) is 62.5 Å². The maximum atomic E-state index is 14.8. The SMILES string of the molecule is Cc1cn2cc(-c3nnc4cc(C5CCNCC5)cc(F)c4n3)cc(F)c2n1. The van der Waals surface area contributed by atoms with Crippen LogP contribution >= 0.6 is 0 Å². The Labute approximate surface area is 159 Å². The molecule has 0 spiro atoms. The summed E-state index contributed by atoms with van der Waals surface area (Å²) in [4.78, 5) is 8.46. The number of fused-ring (bicyclic) bond motifs is 2. The van der Waals surface area contributed by atoms with Crippen LogP contribution in [0.25, 0.3) is 28.1 Å². The predicted molar refractivity (Wildman–Crippen MR) is 101 cm³/mol. The van der Waals surface area contributed by atoms with Crippen molar-refractivity contribution in [3.05, 3.63) is 53.5 Å². The van der Waals surface area contributed by atoms with Gasteiger partial charge in [0.25, 0.3) is 0 Å². The summed E-state index contributed by atoms with van der Waals surface area (Å²) in [6.45, 7) is 3.64. The second-order valence-corrected chi connectivity index (χ2v) is 7.22. The molecule has 1 fully saturated rings. The number of imidazole rings is 1. The Morgan fingerprint density at radius 3 is 2.64 bits per heavy atom. The molecule has 3 aromatic heterocycles. The van der Waals surface area contributed by atoms with E-state index in [1.165, 1.54) is 6.07 Å². The van der Waals surface area contributed by atoms with Crippen LogP contribution in [0.4, 0.5) is 8.78 Å². The highest BCUT2D eigenvalue weighted by Gasteiger charge is 2.19. The van der Waals surface area contributed by atoms with E-state index in [0.29, 0.717) is 22.7 Å². The lowest BCUT2D eigenvalue weighted by molar-refractivity contribution is 0.459. The Bertz CT molecular complexity index is 1200. The van der Waals surface area contributed by atoms with Crippen molar-refractivity contribution in [2.24, 2.45) is 0 Å². The topological polar surface area (TPSA) is 68.0 Å². The summed E-state index contributed by atoms with van der Waals surface area (Å²) in [6, 6.07) is 4.70. The summed E-state index contributed by atoms with van der Waals surface area (Å²) in [5.74, 6) is -0.436. The van der Waals surface area contributed by atoms with Crippen LogP contribution in [0.15, 0.2) is 30.6 Å². The predicted octanol–water partition coefficient (Wildman–Crippen LogP) is 3.39. The van der Waals surface area contributed by atoms with Gasteiger partial charge in [-0.25, -0.2) is 18.7 Å². The van der Waals surface area contributed by atoms with Gasteiger partial charge in [0.2, 0.25) is 0 Å². The van der Waals surface area contributed by atoms with Crippen molar-refractivity contribution in [1.29, 1.82) is 0 Å². The fourth-order valence-electron chi connectivity index (χ4n) is 3.84. The molecule has 0 radical (unpaired) electrons. The molecular weight excluding hydrogens is 362 g/mol. The van der Waals surface area contributed by atoms with E-state index in [9.17, 15) is 8.78 Å². The molecule has 0 bridgehead atoms. The molecule has 0 saturated carbocycles. The zero-order chi connectivity index (χ0) is 19.3. The van der Waals surface area contributed by atoms with Gasteiger partial charge in [-0.1, -0.05) is 0 Å². The lowest BCUT2D eigenvalue weighted by Crippen LogP contribution is -2.26. The standard InChI is InChI=1S/C20H18F2N6/c1-11-9-28-10-14(7-16(22)20(28)24-11)19-25-18-15(21)6-13(8-17(18)26-27-19)12-2-4-23-5-3-12/h6-10,12,23H,2-5H2,1H3. The van der Waals surface area contributed by atoms with E-state index in [2.05, 4.69) is 25.5 Å². The molecule has 1 N–H and O–H groups in total. The third-order valence-electron chi connectivity index (χ3n) is 5.23. The normalized spacial score (nSPS) is 15.5. The molecule has 4 aromatic rings. The number of halogens is 2. The first-order chi connectivity index (χ1) is 13.6. The number of pyridine rings is 1. The molecule has 0 unspecified atom stereocenters. The molecule has 0 amide bonds. The van der Waals surface area contributed by atoms with Gasteiger partial charge in [0.05, 0.1) is 5.69 Å². The minimum atomic E-state index is -0.490. The van der Waals surface area contributed by atoms with Crippen LogP contribution in [0.2, 0.25) is 0 Å². The fourth-order valence-corrected chi connectivity index (χ4v) is 3.84. The molecule has 1 saturated heterocycles. The van der Waals surface area contributed by atoms with E-state index in [4.69, 9.17) is 0 Å². The molecule has 1 aliphatic heterocycles. The number of benzene rings is 1. The first-order valence-corrected chi connectivity index (χ1v) is 9.28. The van der Waals surface area contributed by atoms with Crippen molar-refractivity contribution in [3.8, 4) is 11.4 Å². The maximum Gasteiger partial charge on any atom is 0.184 e. The highest BCUT2D eigenvalue weighted by Crippen LogP contribution is 2.29. The van der Waals surface area contributed by atoms with E-state index in [-0.39, 0.29) is 17.0 Å². The fraction of sp³-hybridized carbons (Fsp3) is 0.300. The van der Waals surface area contributed by atoms with Gasteiger partial charge < -0.3 is 9.72 Å². The molecule has 0 aliphatic carbocycles. The zero-order valence-corrected chi connectivity index (χ0v) is 15.3. The molecule has 6 nitrogen and oxygen atoms in total. The van der Waals surface area contributed by atoms with E-state index in [1.807, 2.05) is 6.07 Å². The summed E-state index contributed by atoms with van der Waals surface area (Å²) in [7, 11) is 0. The smallest absolute Gasteiger partial charge is 0.184 e. The molecule has 0 atom stereocenters. The highest BCUT2D eigenvalue weighted by molar-refractivity contribution is 5.77. The molecule has 28 heavy (non-hydrogen) atoms. The average molecular weight is 380 g/mol. The van der Waals surface area contributed by atoms with Crippen molar-refractivity contribution >= 4 is 16.7 Å². The van der Waals surface area contributed by atoms with Gasteiger partial charge in [-0.2, -0.15) is 0 Å². The first-order valence-electron chi connectivity index (χ1n) is 9.28. The number of nitrogens with one attached hydrogen (secondary N) is 1. The molecule has 142 valence electrons. The van der Waals surface area contributed by atoms with Crippen LogP contribution in [0, 0.1) is 18.6 Å². The zero-order valence-electron chi connectivity index (χ0n) is 15.3. The molecule has 8 heteroatoms. The van der Waals surface area contributed by atoms with E-state index in [1.54, 1.807) is 29.8 Å². The second-order valence-electron chi connectivity index (χ2n) is 7.22. The summed E-state index contributed by atoms with van der Waals surface area (Å²) in [5, 5.41) is 11.6. The number of aryl methyl sites for hydroxylation is 1.